The zero-order valence-electron chi connectivity index (χ0n) is 16.3. The van der Waals surface area contributed by atoms with Gasteiger partial charge in [0.05, 0.1) is 31.1 Å². The van der Waals surface area contributed by atoms with Crippen LogP contribution in [0.5, 0.6) is 5.75 Å². The molecular formula is C21H26N3O4+. The van der Waals surface area contributed by atoms with Gasteiger partial charge in [-0.3, -0.25) is 14.9 Å². The van der Waals surface area contributed by atoms with Crippen molar-refractivity contribution in [1.82, 2.24) is 4.90 Å². The van der Waals surface area contributed by atoms with Gasteiger partial charge >= 0.3 is 0 Å². The van der Waals surface area contributed by atoms with E-state index >= 15 is 0 Å². The smallest absolute Gasteiger partial charge is 0.272 e. The fourth-order valence-electron chi connectivity index (χ4n) is 3.52. The molecule has 2 aromatic carbocycles. The predicted octanol–water partition coefficient (Wildman–Crippen LogP) is 1.60. The van der Waals surface area contributed by atoms with E-state index in [4.69, 9.17) is 4.74 Å². The molecule has 0 aromatic heterocycles. The normalized spacial score (nSPS) is 15.9. The number of nitrogens with one attached hydrogen (secondary N) is 1. The largest absolute Gasteiger partial charge is 0.481 e. The van der Waals surface area contributed by atoms with E-state index < -0.39 is 11.0 Å². The fraction of sp³-hybridized carbons (Fsp3) is 0.381. The molecular weight excluding hydrogens is 358 g/mol. The first kappa shape index (κ1) is 19.8. The average molecular weight is 384 g/mol. The SMILES string of the molecule is Cc1cc(O[C@@H](C)C(=O)N2CC[NH+](Cc3ccccc3)CC2)ccc1[N+](=O)[O-]. The van der Waals surface area contributed by atoms with Gasteiger partial charge in [-0.1, -0.05) is 30.3 Å². The highest BCUT2D eigenvalue weighted by Crippen LogP contribution is 2.24. The Balaban J connectivity index is 1.52. The van der Waals surface area contributed by atoms with Crippen LogP contribution < -0.4 is 9.64 Å². The number of rotatable bonds is 6. The van der Waals surface area contributed by atoms with Crippen molar-refractivity contribution in [1.29, 1.82) is 0 Å². The van der Waals surface area contributed by atoms with Crippen molar-refractivity contribution in [3.63, 3.8) is 0 Å². The number of amides is 1. The summed E-state index contributed by atoms with van der Waals surface area (Å²) in [7, 11) is 0. The molecule has 7 heteroatoms. The van der Waals surface area contributed by atoms with E-state index in [1.807, 2.05) is 23.1 Å². The Kier molecular flexibility index (Phi) is 6.26. The minimum atomic E-state index is -0.628. The lowest BCUT2D eigenvalue weighted by atomic mass is 10.2. The summed E-state index contributed by atoms with van der Waals surface area (Å²) in [6.07, 6.45) is -0.628. The number of carbonyl (C=O) groups excluding carboxylic acids is 1. The molecule has 148 valence electrons. The molecule has 1 atom stereocenters. The maximum Gasteiger partial charge on any atom is 0.272 e. The van der Waals surface area contributed by atoms with Gasteiger partial charge in [-0.15, -0.1) is 0 Å². The van der Waals surface area contributed by atoms with Crippen LogP contribution in [0.25, 0.3) is 0 Å². The molecule has 3 rings (SSSR count). The number of nitro groups is 1. The van der Waals surface area contributed by atoms with Gasteiger partial charge in [0, 0.05) is 17.2 Å². The van der Waals surface area contributed by atoms with Crippen LogP contribution in [-0.2, 0) is 11.3 Å². The summed E-state index contributed by atoms with van der Waals surface area (Å²) >= 11 is 0. The number of benzene rings is 2. The molecule has 7 nitrogen and oxygen atoms in total. The third kappa shape index (κ3) is 4.86. The van der Waals surface area contributed by atoms with Gasteiger partial charge in [0.25, 0.3) is 11.6 Å². The molecule has 0 radical (unpaired) electrons. The Morgan fingerprint density at radius 1 is 1.21 bits per heavy atom. The van der Waals surface area contributed by atoms with Gasteiger partial charge in [0.15, 0.2) is 6.10 Å². The Hall–Kier alpha value is -2.93. The predicted molar refractivity (Wildman–Crippen MR) is 105 cm³/mol. The van der Waals surface area contributed by atoms with Crippen molar-refractivity contribution in [2.24, 2.45) is 0 Å². The van der Waals surface area contributed by atoms with Crippen LogP contribution in [0.1, 0.15) is 18.1 Å². The molecule has 0 aliphatic carbocycles. The van der Waals surface area contributed by atoms with Crippen molar-refractivity contribution in [3.05, 3.63) is 69.8 Å². The number of carbonyl (C=O) groups is 1. The van der Waals surface area contributed by atoms with Gasteiger partial charge in [0.1, 0.15) is 12.3 Å². The topological polar surface area (TPSA) is 77.1 Å². The Morgan fingerprint density at radius 3 is 2.50 bits per heavy atom. The molecule has 1 aliphatic heterocycles. The zero-order valence-corrected chi connectivity index (χ0v) is 16.3. The monoisotopic (exact) mass is 384 g/mol. The summed E-state index contributed by atoms with van der Waals surface area (Å²) in [5.41, 5.74) is 1.87. The first-order valence-electron chi connectivity index (χ1n) is 9.52. The number of piperazine rings is 1. The molecule has 1 aliphatic rings. The Morgan fingerprint density at radius 2 is 1.89 bits per heavy atom. The summed E-state index contributed by atoms with van der Waals surface area (Å²) < 4.78 is 5.75. The molecule has 0 saturated carbocycles. The standard InChI is InChI=1S/C21H25N3O4/c1-16-14-19(8-9-20(16)24(26)27)28-17(2)21(25)23-12-10-22(11-13-23)15-18-6-4-3-5-7-18/h3-9,14,17H,10-13,15H2,1-2H3/p+1/t17-/m0/s1. The van der Waals surface area contributed by atoms with Gasteiger partial charge in [-0.2, -0.15) is 0 Å². The third-order valence-electron chi connectivity index (χ3n) is 5.10. The van der Waals surface area contributed by atoms with Crippen molar-refractivity contribution < 1.29 is 19.4 Å². The molecule has 1 N–H and O–H groups in total. The number of nitro benzene ring substituents is 1. The van der Waals surface area contributed by atoms with Crippen LogP contribution in [0, 0.1) is 17.0 Å². The summed E-state index contributed by atoms with van der Waals surface area (Å²) in [4.78, 5) is 26.5. The fourth-order valence-corrected chi connectivity index (χ4v) is 3.52. The molecule has 28 heavy (non-hydrogen) atoms. The number of ether oxygens (including phenoxy) is 1. The zero-order chi connectivity index (χ0) is 20.1. The van der Waals surface area contributed by atoms with E-state index in [9.17, 15) is 14.9 Å². The lowest BCUT2D eigenvalue weighted by Crippen LogP contribution is -3.13. The van der Waals surface area contributed by atoms with E-state index in [1.54, 1.807) is 19.9 Å². The van der Waals surface area contributed by atoms with E-state index in [0.717, 1.165) is 19.6 Å². The van der Waals surface area contributed by atoms with Crippen molar-refractivity contribution in [3.8, 4) is 5.75 Å². The second-order valence-corrected chi connectivity index (χ2v) is 7.20. The van der Waals surface area contributed by atoms with Crippen LogP contribution >= 0.6 is 0 Å². The van der Waals surface area contributed by atoms with Gasteiger partial charge in [-0.05, 0) is 26.0 Å². The molecule has 1 fully saturated rings. The molecule has 1 saturated heterocycles. The second-order valence-electron chi connectivity index (χ2n) is 7.20. The van der Waals surface area contributed by atoms with Crippen LogP contribution in [0.2, 0.25) is 0 Å². The van der Waals surface area contributed by atoms with Crippen LogP contribution in [0.15, 0.2) is 48.5 Å². The number of hydrogen-bond donors (Lipinski definition) is 1. The molecule has 1 amide bonds. The number of hydrogen-bond acceptors (Lipinski definition) is 4. The number of aryl methyl sites for hydroxylation is 1. The lowest BCUT2D eigenvalue weighted by molar-refractivity contribution is -0.917. The Labute approximate surface area is 164 Å². The molecule has 0 bridgehead atoms. The second kappa shape index (κ2) is 8.84. The highest BCUT2D eigenvalue weighted by molar-refractivity contribution is 5.81. The van der Waals surface area contributed by atoms with Crippen LogP contribution in [0.3, 0.4) is 0 Å². The summed E-state index contributed by atoms with van der Waals surface area (Å²) in [5, 5.41) is 10.9. The van der Waals surface area contributed by atoms with Gasteiger partial charge in [0.2, 0.25) is 0 Å². The quantitative estimate of drug-likeness (QED) is 0.606. The molecule has 1 heterocycles. The van der Waals surface area contributed by atoms with E-state index in [1.165, 1.54) is 22.6 Å². The van der Waals surface area contributed by atoms with E-state index in [2.05, 4.69) is 12.1 Å². The first-order chi connectivity index (χ1) is 13.4. The van der Waals surface area contributed by atoms with Crippen molar-refractivity contribution in [2.45, 2.75) is 26.5 Å². The highest BCUT2D eigenvalue weighted by atomic mass is 16.6. The molecule has 2 aromatic rings. The average Bonchev–Trinajstić information content (AvgIpc) is 2.68. The number of quaternary nitrogens is 1. The van der Waals surface area contributed by atoms with Crippen LogP contribution in [-0.4, -0.2) is 48.0 Å². The Bertz CT molecular complexity index is 833. The summed E-state index contributed by atoms with van der Waals surface area (Å²) in [6.45, 7) is 7.57. The minimum absolute atomic E-state index is 0.0452. The number of nitrogens with zero attached hydrogens (tertiary/aromatic N) is 2. The first-order valence-corrected chi connectivity index (χ1v) is 9.52. The lowest BCUT2D eigenvalue weighted by Gasteiger charge is -2.33. The third-order valence-corrected chi connectivity index (χ3v) is 5.10. The molecule has 0 unspecified atom stereocenters. The maximum absolute atomic E-state index is 12.7. The molecule has 0 spiro atoms. The highest BCUT2D eigenvalue weighted by Gasteiger charge is 2.28. The summed E-state index contributed by atoms with van der Waals surface area (Å²) in [6, 6.07) is 14.9. The van der Waals surface area contributed by atoms with E-state index in [0.29, 0.717) is 24.4 Å². The maximum atomic E-state index is 12.7. The summed E-state index contributed by atoms with van der Waals surface area (Å²) in [5.74, 6) is 0.423. The van der Waals surface area contributed by atoms with Crippen molar-refractivity contribution >= 4 is 11.6 Å². The van der Waals surface area contributed by atoms with Crippen LogP contribution in [0.4, 0.5) is 5.69 Å². The van der Waals surface area contributed by atoms with Gasteiger partial charge in [-0.25, -0.2) is 0 Å². The minimum Gasteiger partial charge on any atom is -0.481 e. The van der Waals surface area contributed by atoms with E-state index in [-0.39, 0.29) is 11.6 Å². The van der Waals surface area contributed by atoms with Crippen molar-refractivity contribution in [2.75, 3.05) is 26.2 Å². The van der Waals surface area contributed by atoms with Gasteiger partial charge < -0.3 is 14.5 Å².